The van der Waals surface area contributed by atoms with Gasteiger partial charge in [-0.25, -0.2) is 0 Å². The highest BCUT2D eigenvalue weighted by atomic mass is 32.2. The van der Waals surface area contributed by atoms with Gasteiger partial charge in [0, 0.05) is 12.3 Å². The van der Waals surface area contributed by atoms with Crippen LogP contribution in [0.1, 0.15) is 45.2 Å². The summed E-state index contributed by atoms with van der Waals surface area (Å²) < 4.78 is 0. The van der Waals surface area contributed by atoms with Crippen molar-refractivity contribution in [3.8, 4) is 0 Å². The van der Waals surface area contributed by atoms with Gasteiger partial charge in [-0.2, -0.15) is 0 Å². The maximum Gasteiger partial charge on any atom is 0.282 e. The molecule has 0 bridgehead atoms. The Morgan fingerprint density at radius 3 is 2.44 bits per heavy atom. The second kappa shape index (κ2) is 8.20. The van der Waals surface area contributed by atoms with E-state index >= 15 is 0 Å². The van der Waals surface area contributed by atoms with Crippen LogP contribution in [0.4, 0.5) is 4.79 Å². The number of thioether (sulfide) groups is 1. The van der Waals surface area contributed by atoms with Gasteiger partial charge >= 0.3 is 0 Å². The summed E-state index contributed by atoms with van der Waals surface area (Å²) in [5.74, 6) is 0.903. The Balaban J connectivity index is 2.74. The molecule has 0 saturated carbocycles. The first-order chi connectivity index (χ1) is 8.70. The van der Waals surface area contributed by atoms with Crippen LogP contribution < -0.4 is 0 Å². The van der Waals surface area contributed by atoms with Gasteiger partial charge in [0.15, 0.2) is 0 Å². The van der Waals surface area contributed by atoms with E-state index in [0.717, 1.165) is 25.1 Å². The van der Waals surface area contributed by atoms with Crippen LogP contribution in [0.5, 0.6) is 0 Å². The van der Waals surface area contributed by atoms with Crippen molar-refractivity contribution in [2.75, 3.05) is 12.3 Å². The highest BCUT2D eigenvalue weighted by Gasteiger charge is 2.20. The number of hydrogen-bond donors (Lipinski definition) is 0. The molecule has 0 heterocycles. The fraction of sp³-hybridized carbons (Fsp3) is 0.533. The lowest BCUT2D eigenvalue weighted by atomic mass is 10.1. The highest BCUT2D eigenvalue weighted by molar-refractivity contribution is 8.13. The fourth-order valence-electron chi connectivity index (χ4n) is 1.87. The number of nitrogens with zero attached hydrogens (tertiary/aromatic N) is 1. The van der Waals surface area contributed by atoms with Crippen LogP contribution in [0.2, 0.25) is 0 Å². The van der Waals surface area contributed by atoms with Gasteiger partial charge in [0.25, 0.3) is 5.24 Å². The third kappa shape index (κ3) is 4.37. The summed E-state index contributed by atoms with van der Waals surface area (Å²) in [7, 11) is 0. The van der Waals surface area contributed by atoms with E-state index in [1.54, 1.807) is 0 Å². The molecule has 100 valence electrons. The van der Waals surface area contributed by atoms with Gasteiger partial charge in [-0.1, -0.05) is 55.9 Å². The van der Waals surface area contributed by atoms with E-state index in [4.69, 9.17) is 0 Å². The van der Waals surface area contributed by atoms with E-state index < -0.39 is 0 Å². The average molecular weight is 265 g/mol. The molecule has 0 radical (unpaired) electrons. The van der Waals surface area contributed by atoms with Crippen molar-refractivity contribution in [2.45, 2.75) is 39.7 Å². The predicted molar refractivity (Wildman–Crippen MR) is 80.0 cm³/mol. The molecule has 1 amide bonds. The summed E-state index contributed by atoms with van der Waals surface area (Å²) in [5, 5.41) is 0.204. The quantitative estimate of drug-likeness (QED) is 0.741. The van der Waals surface area contributed by atoms with Gasteiger partial charge in [0.05, 0.1) is 6.04 Å². The Bertz CT molecular complexity index is 353. The SMILES string of the molecule is CCCSC(=O)N(CCC)C(C)c1ccccc1. The number of benzene rings is 1. The minimum absolute atomic E-state index is 0.156. The molecule has 1 unspecified atom stereocenters. The predicted octanol–water partition coefficient (Wildman–Crippen LogP) is 4.72. The monoisotopic (exact) mass is 265 g/mol. The van der Waals surface area contributed by atoms with E-state index in [1.807, 2.05) is 23.1 Å². The molecule has 1 aromatic rings. The molecule has 0 aliphatic rings. The van der Waals surface area contributed by atoms with Crippen LogP contribution in [0.15, 0.2) is 30.3 Å². The third-order valence-electron chi connectivity index (χ3n) is 2.88. The van der Waals surface area contributed by atoms with Crippen molar-refractivity contribution in [3.63, 3.8) is 0 Å². The first kappa shape index (κ1) is 15.1. The largest absolute Gasteiger partial charge is 0.327 e. The van der Waals surface area contributed by atoms with Crippen LogP contribution in [0.25, 0.3) is 0 Å². The van der Waals surface area contributed by atoms with E-state index in [2.05, 4.69) is 32.9 Å². The molecule has 0 saturated heterocycles. The number of rotatable bonds is 6. The minimum atomic E-state index is 0.156. The maximum absolute atomic E-state index is 12.2. The zero-order chi connectivity index (χ0) is 13.4. The molecule has 18 heavy (non-hydrogen) atoms. The molecule has 1 rings (SSSR count). The van der Waals surface area contributed by atoms with Crippen LogP contribution in [-0.4, -0.2) is 22.4 Å². The topological polar surface area (TPSA) is 20.3 Å². The van der Waals surface area contributed by atoms with Crippen LogP contribution in [0, 0.1) is 0 Å². The maximum atomic E-state index is 12.2. The lowest BCUT2D eigenvalue weighted by Crippen LogP contribution is -2.31. The van der Waals surface area contributed by atoms with E-state index in [-0.39, 0.29) is 11.3 Å². The summed E-state index contributed by atoms with van der Waals surface area (Å²) in [4.78, 5) is 14.2. The molecule has 3 heteroatoms. The molecule has 2 nitrogen and oxygen atoms in total. The second-order valence-corrected chi connectivity index (χ2v) is 5.44. The van der Waals surface area contributed by atoms with Crippen LogP contribution in [-0.2, 0) is 0 Å². The average Bonchev–Trinajstić information content (AvgIpc) is 2.42. The summed E-state index contributed by atoms with van der Waals surface area (Å²) >= 11 is 1.43. The number of carbonyl (C=O) groups excluding carboxylic acids is 1. The van der Waals surface area contributed by atoms with Crippen LogP contribution >= 0.6 is 11.8 Å². The van der Waals surface area contributed by atoms with Gasteiger partial charge in [-0.05, 0) is 25.3 Å². The lowest BCUT2D eigenvalue weighted by molar-refractivity contribution is 0.204. The molecule has 0 aromatic heterocycles. The van der Waals surface area contributed by atoms with Gasteiger partial charge in [-0.3, -0.25) is 4.79 Å². The summed E-state index contributed by atoms with van der Waals surface area (Å²) in [6, 6.07) is 10.4. The fourth-order valence-corrected chi connectivity index (χ4v) is 2.66. The van der Waals surface area contributed by atoms with Crippen molar-refractivity contribution in [2.24, 2.45) is 0 Å². The van der Waals surface area contributed by atoms with E-state index in [0.29, 0.717) is 0 Å². The normalized spacial score (nSPS) is 12.2. The highest BCUT2D eigenvalue weighted by Crippen LogP contribution is 2.24. The first-order valence-electron chi connectivity index (χ1n) is 6.69. The zero-order valence-corrected chi connectivity index (χ0v) is 12.4. The zero-order valence-electron chi connectivity index (χ0n) is 11.6. The molecule has 0 spiro atoms. The summed E-state index contributed by atoms with van der Waals surface area (Å²) in [6.07, 6.45) is 2.03. The first-order valence-corrected chi connectivity index (χ1v) is 7.67. The van der Waals surface area contributed by atoms with Gasteiger partial charge in [-0.15, -0.1) is 0 Å². The summed E-state index contributed by atoms with van der Waals surface area (Å²) in [5.41, 5.74) is 1.20. The Kier molecular flexibility index (Phi) is 6.88. The Hall–Kier alpha value is -0.960. The Morgan fingerprint density at radius 1 is 1.22 bits per heavy atom. The smallest absolute Gasteiger partial charge is 0.282 e. The number of hydrogen-bond acceptors (Lipinski definition) is 2. The van der Waals surface area contributed by atoms with Crippen molar-refractivity contribution in [3.05, 3.63) is 35.9 Å². The second-order valence-electron chi connectivity index (χ2n) is 4.39. The Labute approximate surface area is 115 Å². The van der Waals surface area contributed by atoms with Crippen molar-refractivity contribution in [1.82, 2.24) is 4.90 Å². The van der Waals surface area contributed by atoms with Crippen molar-refractivity contribution < 1.29 is 4.79 Å². The standard InChI is InChI=1S/C15H23NOS/c1-4-11-16(15(17)18-12-5-2)13(3)14-9-7-6-8-10-14/h6-10,13H,4-5,11-12H2,1-3H3. The molecule has 1 atom stereocenters. The van der Waals surface area contributed by atoms with E-state index in [9.17, 15) is 4.79 Å². The number of amides is 1. The lowest BCUT2D eigenvalue weighted by Gasteiger charge is -2.29. The van der Waals surface area contributed by atoms with Crippen LogP contribution in [0.3, 0.4) is 0 Å². The third-order valence-corrected chi connectivity index (χ3v) is 3.97. The molecular formula is C15H23NOS. The van der Waals surface area contributed by atoms with Gasteiger partial charge in [0.2, 0.25) is 0 Å². The molecule has 0 aliphatic carbocycles. The minimum Gasteiger partial charge on any atom is -0.327 e. The van der Waals surface area contributed by atoms with E-state index in [1.165, 1.54) is 17.3 Å². The molecule has 1 aromatic carbocycles. The molecule has 0 N–H and O–H groups in total. The number of carbonyl (C=O) groups is 1. The van der Waals surface area contributed by atoms with Crippen molar-refractivity contribution in [1.29, 1.82) is 0 Å². The van der Waals surface area contributed by atoms with Gasteiger partial charge < -0.3 is 4.90 Å². The van der Waals surface area contributed by atoms with Gasteiger partial charge in [0.1, 0.15) is 0 Å². The van der Waals surface area contributed by atoms with Crippen molar-refractivity contribution >= 4 is 17.0 Å². The molecule has 0 fully saturated rings. The molecule has 0 aliphatic heterocycles. The molecular weight excluding hydrogens is 242 g/mol. The Morgan fingerprint density at radius 2 is 1.89 bits per heavy atom. The summed E-state index contributed by atoms with van der Waals surface area (Å²) in [6.45, 7) is 7.15.